The first-order chi connectivity index (χ1) is 11.3. The van der Waals surface area contributed by atoms with Crippen LogP contribution in [0.3, 0.4) is 0 Å². The van der Waals surface area contributed by atoms with Crippen LogP contribution in [0.25, 0.3) is 0 Å². The molecule has 2 aromatic rings. The van der Waals surface area contributed by atoms with E-state index >= 15 is 0 Å². The average Bonchev–Trinajstić information content (AvgIpc) is 3.26. The van der Waals surface area contributed by atoms with E-state index in [4.69, 9.17) is 0 Å². The van der Waals surface area contributed by atoms with Crippen molar-refractivity contribution in [2.24, 2.45) is 0 Å². The summed E-state index contributed by atoms with van der Waals surface area (Å²) in [5, 5.41) is 3.05. The molecule has 0 bridgehead atoms. The zero-order chi connectivity index (χ0) is 15.6. The smallest absolute Gasteiger partial charge is 0.255 e. The van der Waals surface area contributed by atoms with Crippen LogP contribution in [0.5, 0.6) is 0 Å². The van der Waals surface area contributed by atoms with Gasteiger partial charge in [0.05, 0.1) is 0 Å². The van der Waals surface area contributed by atoms with Crippen molar-refractivity contribution in [3.63, 3.8) is 0 Å². The van der Waals surface area contributed by atoms with Crippen LogP contribution in [0.1, 0.15) is 40.7 Å². The zero-order valence-electron chi connectivity index (χ0n) is 13.3. The lowest BCUT2D eigenvalue weighted by atomic mass is 10.1. The van der Waals surface area contributed by atoms with Gasteiger partial charge in [-0.2, -0.15) is 0 Å². The van der Waals surface area contributed by atoms with Crippen LogP contribution < -0.4 is 10.2 Å². The number of carbonyl (C=O) groups is 1. The highest BCUT2D eigenvalue weighted by atomic mass is 16.1. The Kier molecular flexibility index (Phi) is 3.78. The molecule has 1 N–H and O–H groups in total. The summed E-state index contributed by atoms with van der Waals surface area (Å²) in [4.78, 5) is 14.9. The second-order valence-electron chi connectivity index (χ2n) is 6.54. The molecule has 1 aliphatic carbocycles. The Bertz CT molecular complexity index is 732. The summed E-state index contributed by atoms with van der Waals surface area (Å²) in [6, 6.07) is 14.3. The highest BCUT2D eigenvalue weighted by molar-refractivity contribution is 6.04. The molecule has 0 spiro atoms. The van der Waals surface area contributed by atoms with E-state index in [1.54, 1.807) is 0 Å². The van der Waals surface area contributed by atoms with E-state index in [0.717, 1.165) is 36.4 Å². The minimum atomic E-state index is -0.0241. The number of fused-ring (bicyclic) bond motifs is 1. The van der Waals surface area contributed by atoms with Crippen LogP contribution in [-0.4, -0.2) is 19.0 Å². The maximum absolute atomic E-state index is 12.6. The highest BCUT2D eigenvalue weighted by Gasteiger charge is 2.15. The summed E-state index contributed by atoms with van der Waals surface area (Å²) in [5.74, 6) is -0.0241. The molecule has 2 aromatic carbocycles. The Morgan fingerprint density at radius 3 is 2.61 bits per heavy atom. The fraction of sp³-hybridized carbons (Fsp3) is 0.350. The SMILES string of the molecule is O=C(Nc1ccc2c(c1)CCC2)c1cccc(N2CCCC2)c1. The number of nitrogens with one attached hydrogen (secondary N) is 1. The van der Waals surface area contributed by atoms with Crippen molar-refractivity contribution >= 4 is 17.3 Å². The predicted molar refractivity (Wildman–Crippen MR) is 94.3 cm³/mol. The molecule has 0 radical (unpaired) electrons. The largest absolute Gasteiger partial charge is 0.372 e. The summed E-state index contributed by atoms with van der Waals surface area (Å²) in [6.07, 6.45) is 6.01. The van der Waals surface area contributed by atoms with E-state index in [9.17, 15) is 4.79 Å². The first-order valence-electron chi connectivity index (χ1n) is 8.58. The molecule has 1 amide bonds. The van der Waals surface area contributed by atoms with Crippen molar-refractivity contribution in [1.29, 1.82) is 0 Å². The third-order valence-electron chi connectivity index (χ3n) is 4.94. The van der Waals surface area contributed by atoms with E-state index in [1.807, 2.05) is 24.3 Å². The van der Waals surface area contributed by atoms with Crippen LogP contribution >= 0.6 is 0 Å². The molecule has 1 saturated heterocycles. The molecule has 1 fully saturated rings. The molecule has 118 valence electrons. The van der Waals surface area contributed by atoms with Crippen molar-refractivity contribution in [1.82, 2.24) is 0 Å². The maximum Gasteiger partial charge on any atom is 0.255 e. The molecule has 2 aliphatic rings. The molecule has 1 heterocycles. The van der Waals surface area contributed by atoms with Gasteiger partial charge < -0.3 is 10.2 Å². The number of amides is 1. The number of hydrogen-bond acceptors (Lipinski definition) is 2. The van der Waals surface area contributed by atoms with E-state index in [0.29, 0.717) is 0 Å². The third-order valence-corrected chi connectivity index (χ3v) is 4.94. The normalized spacial score (nSPS) is 16.4. The molecule has 3 heteroatoms. The number of aryl methyl sites for hydroxylation is 2. The summed E-state index contributed by atoms with van der Waals surface area (Å²) in [5.41, 5.74) is 5.61. The molecule has 23 heavy (non-hydrogen) atoms. The number of carbonyl (C=O) groups excluding carboxylic acids is 1. The summed E-state index contributed by atoms with van der Waals surface area (Å²) < 4.78 is 0. The molecule has 0 aromatic heterocycles. The molecule has 0 atom stereocenters. The molecule has 4 rings (SSSR count). The molecular formula is C20H22N2O. The molecule has 0 saturated carbocycles. The Balaban J connectivity index is 1.51. The number of rotatable bonds is 3. The third kappa shape index (κ3) is 2.96. The van der Waals surface area contributed by atoms with Crippen molar-refractivity contribution in [2.45, 2.75) is 32.1 Å². The van der Waals surface area contributed by atoms with E-state index < -0.39 is 0 Å². The van der Waals surface area contributed by atoms with Crippen molar-refractivity contribution in [3.05, 3.63) is 59.2 Å². The van der Waals surface area contributed by atoms with Gasteiger partial charge in [-0.05, 0) is 73.6 Å². The lowest BCUT2D eigenvalue weighted by Gasteiger charge is -2.18. The highest BCUT2D eigenvalue weighted by Crippen LogP contribution is 2.26. The quantitative estimate of drug-likeness (QED) is 0.928. The fourth-order valence-corrected chi connectivity index (χ4v) is 3.67. The van der Waals surface area contributed by atoms with Gasteiger partial charge >= 0.3 is 0 Å². The fourth-order valence-electron chi connectivity index (χ4n) is 3.67. The number of hydrogen-bond donors (Lipinski definition) is 1. The van der Waals surface area contributed by atoms with E-state index in [1.165, 1.54) is 36.8 Å². The van der Waals surface area contributed by atoms with E-state index in [-0.39, 0.29) is 5.91 Å². The average molecular weight is 306 g/mol. The molecule has 1 aliphatic heterocycles. The summed E-state index contributed by atoms with van der Waals surface area (Å²) >= 11 is 0. The number of benzene rings is 2. The first-order valence-corrected chi connectivity index (χ1v) is 8.58. The van der Waals surface area contributed by atoms with Crippen molar-refractivity contribution in [2.75, 3.05) is 23.3 Å². The predicted octanol–water partition coefficient (Wildman–Crippen LogP) is 4.03. The van der Waals surface area contributed by atoms with Gasteiger partial charge in [0.25, 0.3) is 5.91 Å². The molecule has 0 unspecified atom stereocenters. The van der Waals surface area contributed by atoms with Crippen LogP contribution in [0.2, 0.25) is 0 Å². The Morgan fingerprint density at radius 2 is 1.74 bits per heavy atom. The van der Waals surface area contributed by atoms with Crippen LogP contribution in [0.15, 0.2) is 42.5 Å². The molecular weight excluding hydrogens is 284 g/mol. The number of nitrogens with zero attached hydrogens (tertiary/aromatic N) is 1. The Labute approximate surface area is 137 Å². The van der Waals surface area contributed by atoms with Gasteiger partial charge in [-0.1, -0.05) is 12.1 Å². The van der Waals surface area contributed by atoms with Gasteiger partial charge in [0.1, 0.15) is 0 Å². The maximum atomic E-state index is 12.6. The minimum absolute atomic E-state index is 0.0241. The Hall–Kier alpha value is -2.29. The molecule has 3 nitrogen and oxygen atoms in total. The lowest BCUT2D eigenvalue weighted by molar-refractivity contribution is 0.102. The monoisotopic (exact) mass is 306 g/mol. The van der Waals surface area contributed by atoms with Gasteiger partial charge in [0.15, 0.2) is 0 Å². The second kappa shape index (κ2) is 6.07. The first kappa shape index (κ1) is 14.3. The topological polar surface area (TPSA) is 32.3 Å². The lowest BCUT2D eigenvalue weighted by Crippen LogP contribution is -2.19. The van der Waals surface area contributed by atoms with Gasteiger partial charge in [0.2, 0.25) is 0 Å². The van der Waals surface area contributed by atoms with Crippen molar-refractivity contribution in [3.8, 4) is 0 Å². The van der Waals surface area contributed by atoms with Gasteiger partial charge in [-0.3, -0.25) is 4.79 Å². The van der Waals surface area contributed by atoms with E-state index in [2.05, 4.69) is 28.4 Å². The van der Waals surface area contributed by atoms with Gasteiger partial charge in [-0.25, -0.2) is 0 Å². The standard InChI is InChI=1S/C20H22N2O/c23-20(21-18-10-9-15-5-3-6-16(15)13-18)17-7-4-8-19(14-17)22-11-1-2-12-22/h4,7-10,13-14H,1-3,5-6,11-12H2,(H,21,23). The minimum Gasteiger partial charge on any atom is -0.372 e. The van der Waals surface area contributed by atoms with Crippen LogP contribution in [0.4, 0.5) is 11.4 Å². The van der Waals surface area contributed by atoms with Crippen LogP contribution in [-0.2, 0) is 12.8 Å². The van der Waals surface area contributed by atoms with Gasteiger partial charge in [0, 0.05) is 30.0 Å². The van der Waals surface area contributed by atoms with Crippen LogP contribution in [0, 0.1) is 0 Å². The number of anilines is 2. The van der Waals surface area contributed by atoms with Gasteiger partial charge in [-0.15, -0.1) is 0 Å². The summed E-state index contributed by atoms with van der Waals surface area (Å²) in [7, 11) is 0. The summed E-state index contributed by atoms with van der Waals surface area (Å²) in [6.45, 7) is 2.19. The zero-order valence-corrected chi connectivity index (χ0v) is 13.3. The van der Waals surface area contributed by atoms with Crippen molar-refractivity contribution < 1.29 is 4.79 Å². The second-order valence-corrected chi connectivity index (χ2v) is 6.54. The Morgan fingerprint density at radius 1 is 0.913 bits per heavy atom.